The summed E-state index contributed by atoms with van der Waals surface area (Å²) in [6.07, 6.45) is 0.727. The fourth-order valence-corrected chi connectivity index (χ4v) is 5.58. The van der Waals surface area contributed by atoms with Gasteiger partial charge in [0.25, 0.3) is 5.56 Å². The fourth-order valence-electron chi connectivity index (χ4n) is 3.80. The minimum Gasteiger partial charge on any atom is -0.477 e. The number of methoxy groups -OCH3 is 1. The van der Waals surface area contributed by atoms with Gasteiger partial charge >= 0.3 is 5.97 Å². The topological polar surface area (TPSA) is 95.9 Å². The van der Waals surface area contributed by atoms with E-state index in [-0.39, 0.29) is 11.4 Å². The first kappa shape index (κ1) is 26.3. The van der Waals surface area contributed by atoms with Gasteiger partial charge in [-0.3, -0.25) is 4.79 Å². The molecule has 8 nitrogen and oxygen atoms in total. The second-order valence-corrected chi connectivity index (χ2v) is 10.8. The molecule has 5 aromatic rings. The van der Waals surface area contributed by atoms with Crippen molar-refractivity contribution in [1.82, 2.24) is 9.66 Å². The number of hydrogen-bond acceptors (Lipinski definition) is 7. The largest absolute Gasteiger partial charge is 0.477 e. The number of aromatic nitrogens is 2. The van der Waals surface area contributed by atoms with E-state index in [1.54, 1.807) is 37.3 Å². The molecule has 5 rings (SSSR count). The molecule has 192 valence electrons. The molecule has 0 bridgehead atoms. The van der Waals surface area contributed by atoms with Crippen LogP contribution in [0, 0.1) is 0 Å². The number of esters is 1. The lowest BCUT2D eigenvalue weighted by molar-refractivity contribution is -0.147. The molecular formula is C27H18Br3N3O5. The molecule has 0 amide bonds. The molecule has 0 saturated carbocycles. The van der Waals surface area contributed by atoms with E-state index in [1.165, 1.54) is 18.0 Å². The van der Waals surface area contributed by atoms with Crippen LogP contribution in [0.1, 0.15) is 12.5 Å². The highest BCUT2D eigenvalue weighted by Gasteiger charge is 2.19. The molecule has 0 N–H and O–H groups in total. The van der Waals surface area contributed by atoms with Crippen LogP contribution in [0.2, 0.25) is 0 Å². The van der Waals surface area contributed by atoms with Crippen molar-refractivity contribution in [3.63, 3.8) is 0 Å². The maximum atomic E-state index is 13.5. The minimum absolute atomic E-state index is 0.266. The van der Waals surface area contributed by atoms with Crippen molar-refractivity contribution in [2.75, 3.05) is 7.11 Å². The number of fused-ring (bicyclic) bond motifs is 2. The first-order valence-corrected chi connectivity index (χ1v) is 13.6. The van der Waals surface area contributed by atoms with Crippen LogP contribution in [-0.4, -0.2) is 35.1 Å². The number of rotatable bonds is 6. The summed E-state index contributed by atoms with van der Waals surface area (Å²) in [5.74, 6) is 0.602. The van der Waals surface area contributed by atoms with Crippen LogP contribution in [0.25, 0.3) is 33.5 Å². The Labute approximate surface area is 241 Å². The maximum Gasteiger partial charge on any atom is 0.346 e. The molecule has 2 heterocycles. The summed E-state index contributed by atoms with van der Waals surface area (Å²) in [6, 6.07) is 18.1. The summed E-state index contributed by atoms with van der Waals surface area (Å²) >= 11 is 10.4. The van der Waals surface area contributed by atoms with Crippen LogP contribution >= 0.6 is 47.8 Å². The number of hydrogen-bond donors (Lipinski definition) is 0. The van der Waals surface area contributed by atoms with Gasteiger partial charge in [-0.25, -0.2) is 9.78 Å². The van der Waals surface area contributed by atoms with Gasteiger partial charge in [0.2, 0.25) is 5.82 Å². The number of furan rings is 1. The van der Waals surface area contributed by atoms with Crippen LogP contribution in [0.15, 0.2) is 88.4 Å². The van der Waals surface area contributed by atoms with Gasteiger partial charge in [0, 0.05) is 9.86 Å². The monoisotopic (exact) mass is 701 g/mol. The average Bonchev–Trinajstić information content (AvgIpc) is 3.32. The Balaban J connectivity index is 1.59. The van der Waals surface area contributed by atoms with E-state index in [0.717, 1.165) is 9.86 Å². The second kappa shape index (κ2) is 10.8. The lowest BCUT2D eigenvalue weighted by Gasteiger charge is -2.15. The van der Waals surface area contributed by atoms with Gasteiger partial charge in [0.05, 0.1) is 33.2 Å². The Kier molecular flexibility index (Phi) is 7.51. The van der Waals surface area contributed by atoms with Crippen LogP contribution in [0.4, 0.5) is 0 Å². The fraction of sp³-hybridized carbons (Fsp3) is 0.111. The van der Waals surface area contributed by atoms with Crippen molar-refractivity contribution in [2.24, 2.45) is 5.10 Å². The molecule has 0 aliphatic rings. The summed E-state index contributed by atoms with van der Waals surface area (Å²) in [5.41, 5.74) is 1.51. The van der Waals surface area contributed by atoms with Crippen LogP contribution in [-0.2, 0) is 9.53 Å². The summed E-state index contributed by atoms with van der Waals surface area (Å²) in [7, 11) is 1.30. The Hall–Kier alpha value is -3.28. The van der Waals surface area contributed by atoms with Gasteiger partial charge in [-0.2, -0.15) is 9.78 Å². The predicted octanol–water partition coefficient (Wildman–Crippen LogP) is 6.92. The Morgan fingerprint density at radius 1 is 1.08 bits per heavy atom. The molecule has 0 spiro atoms. The van der Waals surface area contributed by atoms with Gasteiger partial charge in [0.1, 0.15) is 11.3 Å². The maximum absolute atomic E-state index is 13.5. The first-order valence-electron chi connectivity index (χ1n) is 11.2. The molecule has 0 unspecified atom stereocenters. The zero-order valence-corrected chi connectivity index (χ0v) is 24.7. The molecule has 0 fully saturated rings. The molecule has 0 aliphatic carbocycles. The molecule has 38 heavy (non-hydrogen) atoms. The molecule has 0 saturated heterocycles. The third-order valence-corrected chi connectivity index (χ3v) is 7.29. The minimum atomic E-state index is -0.804. The van der Waals surface area contributed by atoms with Crippen molar-refractivity contribution in [3.8, 4) is 17.3 Å². The van der Waals surface area contributed by atoms with Gasteiger partial charge in [-0.15, -0.1) is 0 Å². The van der Waals surface area contributed by atoms with E-state index in [1.807, 2.05) is 30.3 Å². The van der Waals surface area contributed by atoms with Crippen molar-refractivity contribution in [1.29, 1.82) is 0 Å². The van der Waals surface area contributed by atoms with E-state index in [2.05, 4.69) is 52.9 Å². The average molecular weight is 704 g/mol. The number of ether oxygens (including phenoxy) is 2. The van der Waals surface area contributed by atoms with E-state index >= 15 is 0 Å². The normalized spacial score (nSPS) is 12.3. The highest BCUT2D eigenvalue weighted by molar-refractivity contribution is 9.11. The second-order valence-electron chi connectivity index (χ2n) is 8.20. The van der Waals surface area contributed by atoms with Crippen molar-refractivity contribution in [2.45, 2.75) is 13.0 Å². The zero-order valence-electron chi connectivity index (χ0n) is 19.9. The molecule has 1 atom stereocenters. The van der Waals surface area contributed by atoms with Gasteiger partial charge in [-0.05, 0) is 92.9 Å². The van der Waals surface area contributed by atoms with Crippen molar-refractivity contribution in [3.05, 3.63) is 90.0 Å². The Morgan fingerprint density at radius 2 is 1.82 bits per heavy atom. The highest BCUT2D eigenvalue weighted by Crippen LogP contribution is 2.35. The van der Waals surface area contributed by atoms with Gasteiger partial charge < -0.3 is 13.9 Å². The number of carbonyl (C=O) groups excluding carboxylic acids is 1. The van der Waals surface area contributed by atoms with E-state index in [0.29, 0.717) is 42.5 Å². The summed E-state index contributed by atoms with van der Waals surface area (Å²) in [6.45, 7) is 1.59. The van der Waals surface area contributed by atoms with Crippen molar-refractivity contribution >= 4 is 81.8 Å². The van der Waals surface area contributed by atoms with E-state index in [4.69, 9.17) is 18.9 Å². The van der Waals surface area contributed by atoms with Gasteiger partial charge in [0.15, 0.2) is 11.9 Å². The third-order valence-electron chi connectivity index (χ3n) is 5.62. The number of para-hydroxylation sites is 1. The lowest BCUT2D eigenvalue weighted by atomic mass is 10.2. The molecule has 2 aromatic heterocycles. The van der Waals surface area contributed by atoms with Crippen LogP contribution in [0.3, 0.4) is 0 Å². The molecular weight excluding hydrogens is 686 g/mol. The molecule has 0 radical (unpaired) electrons. The molecule has 0 aliphatic heterocycles. The summed E-state index contributed by atoms with van der Waals surface area (Å²) in [4.78, 5) is 30.0. The summed E-state index contributed by atoms with van der Waals surface area (Å²) < 4.78 is 19.8. The summed E-state index contributed by atoms with van der Waals surface area (Å²) in [5, 5.41) is 5.78. The van der Waals surface area contributed by atoms with E-state index in [9.17, 15) is 9.59 Å². The lowest BCUT2D eigenvalue weighted by Crippen LogP contribution is -2.25. The Morgan fingerprint density at radius 3 is 2.55 bits per heavy atom. The number of halogens is 3. The number of carbonyl (C=O) groups is 1. The number of nitrogens with zero attached hydrogens (tertiary/aromatic N) is 3. The quantitative estimate of drug-likeness (QED) is 0.141. The van der Waals surface area contributed by atoms with Crippen LogP contribution in [0.5, 0.6) is 5.75 Å². The zero-order chi connectivity index (χ0) is 27.0. The smallest absolute Gasteiger partial charge is 0.346 e. The first-order chi connectivity index (χ1) is 18.2. The number of benzene rings is 3. The Bertz CT molecular complexity index is 1770. The molecule has 11 heteroatoms. The van der Waals surface area contributed by atoms with Gasteiger partial charge in [-0.1, -0.05) is 28.1 Å². The SMILES string of the molecule is COC(=O)[C@H](C)Oc1c(Br)cc(C=Nn2c(-c3cc4cc(Br)ccc4o3)nc3ccccc3c2=O)cc1Br. The molecule has 3 aromatic carbocycles. The third kappa shape index (κ3) is 5.18. The highest BCUT2D eigenvalue weighted by atomic mass is 79.9. The standard InChI is InChI=1S/C27H18Br3N3O5/c1-14(27(35)36-2)37-24-19(29)9-15(10-20(24)30)13-31-33-25(32-21-6-4-3-5-18(21)26(33)34)23-12-16-11-17(28)7-8-22(16)38-23/h3-14H,1-2H3/t14-/m0/s1. The predicted molar refractivity (Wildman–Crippen MR) is 156 cm³/mol. The van der Waals surface area contributed by atoms with Crippen LogP contribution < -0.4 is 10.3 Å². The van der Waals surface area contributed by atoms with E-state index < -0.39 is 12.1 Å². The van der Waals surface area contributed by atoms with Crippen molar-refractivity contribution < 1.29 is 18.7 Å².